The largest absolute Gasteiger partial charge is 0.490 e. The summed E-state index contributed by atoms with van der Waals surface area (Å²) in [5.74, 6) is 0.179. The number of carbonyl (C=O) groups is 1. The van der Waals surface area contributed by atoms with Gasteiger partial charge in [0.2, 0.25) is 5.91 Å². The summed E-state index contributed by atoms with van der Waals surface area (Å²) in [4.78, 5) is 16.6. The van der Waals surface area contributed by atoms with Crippen molar-refractivity contribution in [2.75, 3.05) is 11.9 Å². The maximum absolute atomic E-state index is 13.1. The number of thiazole rings is 1. The van der Waals surface area contributed by atoms with Crippen LogP contribution in [0.4, 0.5) is 28.4 Å². The third-order valence-electron chi connectivity index (χ3n) is 5.40. The smallest absolute Gasteiger partial charge is 0.416 e. The van der Waals surface area contributed by atoms with Crippen LogP contribution >= 0.6 is 27.3 Å². The number of alkyl halides is 3. The van der Waals surface area contributed by atoms with Crippen molar-refractivity contribution in [2.45, 2.75) is 26.1 Å². The summed E-state index contributed by atoms with van der Waals surface area (Å²) >= 11 is 4.63. The predicted molar refractivity (Wildman–Crippen MR) is 152 cm³/mol. The number of aromatic nitrogens is 1. The Hall–Kier alpha value is -3.97. The van der Waals surface area contributed by atoms with Crippen molar-refractivity contribution in [2.24, 2.45) is 5.10 Å². The van der Waals surface area contributed by atoms with Crippen LogP contribution < -0.4 is 20.2 Å². The first-order chi connectivity index (χ1) is 19.6. The van der Waals surface area contributed by atoms with Crippen LogP contribution in [0.15, 0.2) is 75.6 Å². The molecule has 0 saturated heterocycles. The molecule has 0 atom stereocenters. The Labute approximate surface area is 245 Å². The van der Waals surface area contributed by atoms with Gasteiger partial charge in [0.15, 0.2) is 16.6 Å². The number of carbonyl (C=O) groups excluding carboxylic acids is 1. The Morgan fingerprint density at radius 3 is 2.59 bits per heavy atom. The van der Waals surface area contributed by atoms with E-state index in [1.807, 2.05) is 6.92 Å². The fourth-order valence-electron chi connectivity index (χ4n) is 3.49. The number of hydrogen-bond donors (Lipinski definition) is 2. The first-order valence-electron chi connectivity index (χ1n) is 12.1. The Morgan fingerprint density at radius 2 is 1.85 bits per heavy atom. The van der Waals surface area contributed by atoms with Crippen molar-refractivity contribution in [1.29, 1.82) is 0 Å². The van der Waals surface area contributed by atoms with E-state index in [4.69, 9.17) is 9.47 Å². The first kappa shape index (κ1) is 30.0. The molecular weight excluding hydrogens is 628 g/mol. The van der Waals surface area contributed by atoms with E-state index < -0.39 is 17.6 Å². The van der Waals surface area contributed by atoms with E-state index in [0.29, 0.717) is 39.0 Å². The third kappa shape index (κ3) is 8.76. The molecule has 3 aromatic carbocycles. The lowest BCUT2D eigenvalue weighted by atomic mass is 10.2. The van der Waals surface area contributed by atoms with Gasteiger partial charge in [-0.3, -0.25) is 4.79 Å². The van der Waals surface area contributed by atoms with Gasteiger partial charge in [0.05, 0.1) is 30.5 Å². The zero-order valence-electron chi connectivity index (χ0n) is 21.5. The van der Waals surface area contributed by atoms with Crippen LogP contribution in [-0.4, -0.2) is 23.7 Å². The van der Waals surface area contributed by atoms with Crippen LogP contribution in [0, 0.1) is 5.82 Å². The number of benzene rings is 3. The average Bonchev–Trinajstić information content (AvgIpc) is 3.36. The van der Waals surface area contributed by atoms with E-state index in [-0.39, 0.29) is 24.5 Å². The molecule has 0 fully saturated rings. The van der Waals surface area contributed by atoms with Gasteiger partial charge in [0.1, 0.15) is 12.4 Å². The zero-order chi connectivity index (χ0) is 29.4. The van der Waals surface area contributed by atoms with Crippen molar-refractivity contribution < 1.29 is 31.8 Å². The van der Waals surface area contributed by atoms with Crippen molar-refractivity contribution in [3.63, 3.8) is 0 Å². The second-order valence-electron chi connectivity index (χ2n) is 8.49. The molecule has 4 rings (SSSR count). The normalized spacial score (nSPS) is 11.5. The number of amides is 1. The molecular formula is C28H23BrF4N4O3S. The maximum Gasteiger partial charge on any atom is 0.416 e. The highest BCUT2D eigenvalue weighted by atomic mass is 79.9. The van der Waals surface area contributed by atoms with Gasteiger partial charge in [0.25, 0.3) is 0 Å². The zero-order valence-corrected chi connectivity index (χ0v) is 23.9. The minimum atomic E-state index is -4.45. The summed E-state index contributed by atoms with van der Waals surface area (Å²) in [5, 5.41) is 8.82. The molecule has 7 nitrogen and oxygen atoms in total. The van der Waals surface area contributed by atoms with Crippen molar-refractivity contribution in [3.8, 4) is 11.5 Å². The average molecular weight is 651 g/mol. The Bertz CT molecular complexity index is 1530. The van der Waals surface area contributed by atoms with Gasteiger partial charge in [-0.05, 0) is 70.9 Å². The monoisotopic (exact) mass is 650 g/mol. The lowest BCUT2D eigenvalue weighted by Crippen LogP contribution is -2.20. The van der Waals surface area contributed by atoms with Gasteiger partial charge in [-0.2, -0.15) is 18.3 Å². The van der Waals surface area contributed by atoms with Crippen molar-refractivity contribution in [1.82, 2.24) is 10.4 Å². The second kappa shape index (κ2) is 13.6. The van der Waals surface area contributed by atoms with Crippen LogP contribution in [0.3, 0.4) is 0 Å². The lowest BCUT2D eigenvalue weighted by molar-refractivity contribution is -0.137. The molecule has 0 aliphatic carbocycles. The van der Waals surface area contributed by atoms with Gasteiger partial charge in [-0.1, -0.05) is 18.2 Å². The van der Waals surface area contributed by atoms with Crippen LogP contribution in [0.2, 0.25) is 0 Å². The van der Waals surface area contributed by atoms with E-state index >= 15 is 0 Å². The highest BCUT2D eigenvalue weighted by molar-refractivity contribution is 9.10. The van der Waals surface area contributed by atoms with Crippen LogP contribution in [0.25, 0.3) is 0 Å². The van der Waals surface area contributed by atoms with E-state index in [0.717, 1.165) is 29.0 Å². The Morgan fingerprint density at radius 1 is 1.10 bits per heavy atom. The molecule has 0 unspecified atom stereocenters. The molecule has 0 saturated carbocycles. The molecule has 2 N–H and O–H groups in total. The van der Waals surface area contributed by atoms with Gasteiger partial charge in [-0.25, -0.2) is 14.8 Å². The first-order valence-corrected chi connectivity index (χ1v) is 13.8. The summed E-state index contributed by atoms with van der Waals surface area (Å²) in [6.07, 6.45) is -3.10. The molecule has 0 radical (unpaired) electrons. The fourth-order valence-corrected chi connectivity index (χ4v) is 4.65. The Kier molecular flexibility index (Phi) is 9.95. The van der Waals surface area contributed by atoms with E-state index in [9.17, 15) is 22.4 Å². The summed E-state index contributed by atoms with van der Waals surface area (Å²) in [7, 11) is 0. The minimum Gasteiger partial charge on any atom is -0.490 e. The summed E-state index contributed by atoms with van der Waals surface area (Å²) in [5.41, 5.74) is 3.73. The van der Waals surface area contributed by atoms with E-state index in [1.54, 1.807) is 29.6 Å². The van der Waals surface area contributed by atoms with Gasteiger partial charge in [-0.15, -0.1) is 11.3 Å². The van der Waals surface area contributed by atoms with Crippen molar-refractivity contribution in [3.05, 3.63) is 98.7 Å². The predicted octanol–water partition coefficient (Wildman–Crippen LogP) is 7.48. The topological polar surface area (TPSA) is 84.8 Å². The number of nitrogens with one attached hydrogen (secondary N) is 2. The van der Waals surface area contributed by atoms with Gasteiger partial charge >= 0.3 is 6.18 Å². The number of rotatable bonds is 11. The van der Waals surface area contributed by atoms with Crippen LogP contribution in [0.5, 0.6) is 11.5 Å². The lowest BCUT2D eigenvalue weighted by Gasteiger charge is -2.14. The molecule has 41 heavy (non-hydrogen) atoms. The van der Waals surface area contributed by atoms with Gasteiger partial charge < -0.3 is 14.8 Å². The molecule has 1 aromatic heterocycles. The molecule has 0 aliphatic rings. The number of hydrogen-bond acceptors (Lipinski definition) is 7. The molecule has 1 amide bonds. The van der Waals surface area contributed by atoms with E-state index in [2.05, 4.69) is 36.8 Å². The number of anilines is 2. The van der Waals surface area contributed by atoms with E-state index in [1.165, 1.54) is 30.5 Å². The molecule has 13 heteroatoms. The SMILES string of the molecule is CCOc1cc(/C=N\NC(=O)Cc2csc(Nc3cccc(C(F)(F)F)c3)n2)c(Br)cc1OCc1ccc(F)cc1. The van der Waals surface area contributed by atoms with Crippen LogP contribution in [-0.2, 0) is 24.0 Å². The van der Waals surface area contributed by atoms with Crippen molar-refractivity contribution >= 4 is 50.2 Å². The summed E-state index contributed by atoms with van der Waals surface area (Å²) < 4.78 is 64.2. The van der Waals surface area contributed by atoms with Crippen LogP contribution in [0.1, 0.15) is 29.3 Å². The summed E-state index contributed by atoms with van der Waals surface area (Å²) in [6.45, 7) is 2.43. The Balaban J connectivity index is 1.34. The highest BCUT2D eigenvalue weighted by Gasteiger charge is 2.30. The van der Waals surface area contributed by atoms with Gasteiger partial charge in [0, 0.05) is 21.1 Å². The molecule has 4 aromatic rings. The molecule has 0 aliphatic heterocycles. The molecule has 214 valence electrons. The summed E-state index contributed by atoms with van der Waals surface area (Å²) in [6, 6.07) is 14.2. The molecule has 0 spiro atoms. The molecule has 0 bridgehead atoms. The fraction of sp³-hybridized carbons (Fsp3) is 0.179. The minimum absolute atomic E-state index is 0.0837. The number of ether oxygens (including phenoxy) is 2. The number of halogens is 5. The third-order valence-corrected chi connectivity index (χ3v) is 6.89. The number of hydrazone groups is 1. The highest BCUT2D eigenvalue weighted by Crippen LogP contribution is 2.34. The standard InChI is InChI=1S/C28H23BrF4N4O3S/c1-2-39-24-10-18(23(29)13-25(24)40-15-17-6-8-20(30)9-7-17)14-34-37-26(38)12-22-16-41-27(36-22)35-21-5-3-4-19(11-21)28(31,32)33/h3-11,13-14,16H,2,12,15H2,1H3,(H,35,36)(H,37,38)/b34-14-. The second-order valence-corrected chi connectivity index (χ2v) is 10.2. The maximum atomic E-state index is 13.1. The molecule has 1 heterocycles. The number of nitrogens with zero attached hydrogens (tertiary/aromatic N) is 2. The quantitative estimate of drug-likeness (QED) is 0.0999.